The van der Waals surface area contributed by atoms with E-state index in [4.69, 9.17) is 9.47 Å². The summed E-state index contributed by atoms with van der Waals surface area (Å²) in [4.78, 5) is 0. The molecule has 1 atom stereocenters. The summed E-state index contributed by atoms with van der Waals surface area (Å²) in [6.07, 6.45) is 0. The lowest BCUT2D eigenvalue weighted by atomic mass is 9.97. The number of hydrogen-bond acceptors (Lipinski definition) is 3. The molecule has 0 spiro atoms. The number of benzene rings is 1. The average molecular weight is 237 g/mol. The molecule has 1 aromatic carbocycles. The van der Waals surface area contributed by atoms with Gasteiger partial charge in [-0.15, -0.1) is 0 Å². The molecule has 3 heteroatoms. The second-order valence-electron chi connectivity index (χ2n) is 4.45. The van der Waals surface area contributed by atoms with Crippen LogP contribution in [-0.2, 0) is 4.74 Å². The Kier molecular flexibility index (Phi) is 5.45. The first kappa shape index (κ1) is 14.0. The summed E-state index contributed by atoms with van der Waals surface area (Å²) in [5.41, 5.74) is 2.47. The summed E-state index contributed by atoms with van der Waals surface area (Å²) in [5.74, 6) is 1.42. The lowest BCUT2D eigenvalue weighted by Crippen LogP contribution is -2.22. The second-order valence-corrected chi connectivity index (χ2v) is 4.45. The molecule has 1 rings (SSSR count). The Bertz CT molecular complexity index is 350. The van der Waals surface area contributed by atoms with Gasteiger partial charge in [0.2, 0.25) is 0 Å². The smallest absolute Gasteiger partial charge is 0.123 e. The van der Waals surface area contributed by atoms with Gasteiger partial charge in [-0.1, -0.05) is 26.0 Å². The number of methoxy groups -OCH3 is 2. The van der Waals surface area contributed by atoms with Gasteiger partial charge in [0.05, 0.1) is 19.8 Å². The molecule has 0 amide bonds. The van der Waals surface area contributed by atoms with Gasteiger partial charge in [0, 0.05) is 12.7 Å². The van der Waals surface area contributed by atoms with Gasteiger partial charge >= 0.3 is 0 Å². The molecule has 0 aliphatic rings. The minimum absolute atomic E-state index is 0.161. The molecule has 1 aromatic rings. The van der Waals surface area contributed by atoms with Crippen molar-refractivity contribution in [3.05, 3.63) is 29.3 Å². The van der Waals surface area contributed by atoms with E-state index >= 15 is 0 Å². The number of rotatable bonds is 6. The van der Waals surface area contributed by atoms with Crippen molar-refractivity contribution >= 4 is 0 Å². The van der Waals surface area contributed by atoms with Gasteiger partial charge in [-0.2, -0.15) is 0 Å². The van der Waals surface area contributed by atoms with Gasteiger partial charge in [0.15, 0.2) is 0 Å². The third kappa shape index (κ3) is 3.45. The molecule has 0 aliphatic carbocycles. The fraction of sp³-hybridized carbons (Fsp3) is 0.571. The van der Waals surface area contributed by atoms with Crippen molar-refractivity contribution in [2.45, 2.75) is 25.8 Å². The molecule has 1 unspecified atom stereocenters. The van der Waals surface area contributed by atoms with Crippen LogP contribution in [0.1, 0.15) is 36.9 Å². The van der Waals surface area contributed by atoms with Crippen molar-refractivity contribution in [1.29, 1.82) is 0 Å². The predicted molar refractivity (Wildman–Crippen MR) is 70.8 cm³/mol. The van der Waals surface area contributed by atoms with E-state index in [9.17, 15) is 0 Å². The third-order valence-corrected chi connectivity index (χ3v) is 2.98. The molecule has 3 nitrogen and oxygen atoms in total. The molecule has 96 valence electrons. The molecule has 0 saturated carbocycles. The Balaban J connectivity index is 3.11. The molecule has 0 radical (unpaired) electrons. The largest absolute Gasteiger partial charge is 0.496 e. The van der Waals surface area contributed by atoms with E-state index in [1.165, 1.54) is 5.56 Å². The van der Waals surface area contributed by atoms with E-state index in [2.05, 4.69) is 31.3 Å². The first-order valence-electron chi connectivity index (χ1n) is 5.98. The maximum atomic E-state index is 5.41. The van der Waals surface area contributed by atoms with Gasteiger partial charge < -0.3 is 14.8 Å². The zero-order chi connectivity index (χ0) is 12.8. The summed E-state index contributed by atoms with van der Waals surface area (Å²) in [6, 6.07) is 6.51. The van der Waals surface area contributed by atoms with Crippen LogP contribution in [-0.4, -0.2) is 27.9 Å². The van der Waals surface area contributed by atoms with Crippen molar-refractivity contribution in [1.82, 2.24) is 5.32 Å². The molecular weight excluding hydrogens is 214 g/mol. The Hall–Kier alpha value is -1.06. The van der Waals surface area contributed by atoms with Gasteiger partial charge in [0.1, 0.15) is 5.75 Å². The molecule has 0 aliphatic heterocycles. The highest BCUT2D eigenvalue weighted by Gasteiger charge is 2.15. The third-order valence-electron chi connectivity index (χ3n) is 2.98. The molecule has 0 aromatic heterocycles. The average Bonchev–Trinajstić information content (AvgIpc) is 2.35. The molecule has 0 saturated heterocycles. The molecular formula is C14H23NO2. The predicted octanol–water partition coefficient (Wildman–Crippen LogP) is 2.73. The van der Waals surface area contributed by atoms with E-state index < -0.39 is 0 Å². The summed E-state index contributed by atoms with van der Waals surface area (Å²) < 4.78 is 10.6. The van der Waals surface area contributed by atoms with Crippen LogP contribution < -0.4 is 10.1 Å². The van der Waals surface area contributed by atoms with E-state index in [1.807, 2.05) is 13.1 Å². The molecule has 1 N–H and O–H groups in total. The van der Waals surface area contributed by atoms with Gasteiger partial charge in [-0.3, -0.25) is 0 Å². The van der Waals surface area contributed by atoms with E-state index in [1.54, 1.807) is 14.2 Å². The van der Waals surface area contributed by atoms with Gasteiger partial charge in [-0.05, 0) is 24.6 Å². The van der Waals surface area contributed by atoms with Crippen LogP contribution in [0.15, 0.2) is 18.2 Å². The highest BCUT2D eigenvalue weighted by Crippen LogP contribution is 2.29. The second kappa shape index (κ2) is 6.62. The van der Waals surface area contributed by atoms with Crippen LogP contribution in [0, 0.1) is 0 Å². The van der Waals surface area contributed by atoms with Crippen LogP contribution >= 0.6 is 0 Å². The van der Waals surface area contributed by atoms with Crippen LogP contribution in [0.4, 0.5) is 0 Å². The number of ether oxygens (including phenoxy) is 2. The summed E-state index contributed by atoms with van der Waals surface area (Å²) in [7, 11) is 5.35. The Morgan fingerprint density at radius 3 is 2.41 bits per heavy atom. The van der Waals surface area contributed by atoms with Crippen molar-refractivity contribution in [3.8, 4) is 5.75 Å². The van der Waals surface area contributed by atoms with E-state index in [0.717, 1.165) is 11.3 Å². The summed E-state index contributed by atoms with van der Waals surface area (Å²) in [6.45, 7) is 5.01. The molecule has 0 heterocycles. The zero-order valence-corrected chi connectivity index (χ0v) is 11.4. The lowest BCUT2D eigenvalue weighted by molar-refractivity contribution is 0.169. The fourth-order valence-corrected chi connectivity index (χ4v) is 1.88. The van der Waals surface area contributed by atoms with Gasteiger partial charge in [0.25, 0.3) is 0 Å². The molecule has 0 bridgehead atoms. The standard InChI is InChI=1S/C14H23NO2/c1-10(2)11-6-7-14(17-5)12(8-11)13(15-3)9-16-4/h6-8,10,13,15H,9H2,1-5H3. The number of likely N-dealkylation sites (N-methyl/N-ethyl adjacent to an activating group) is 1. The van der Waals surface area contributed by atoms with Crippen LogP contribution in [0.5, 0.6) is 5.75 Å². The van der Waals surface area contributed by atoms with Crippen molar-refractivity contribution < 1.29 is 9.47 Å². The van der Waals surface area contributed by atoms with Crippen molar-refractivity contribution in [2.75, 3.05) is 27.9 Å². The first-order valence-corrected chi connectivity index (χ1v) is 5.98. The summed E-state index contributed by atoms with van der Waals surface area (Å²) >= 11 is 0. The molecule has 0 fully saturated rings. The van der Waals surface area contributed by atoms with Crippen LogP contribution in [0.2, 0.25) is 0 Å². The normalized spacial score (nSPS) is 12.8. The number of nitrogens with one attached hydrogen (secondary N) is 1. The zero-order valence-electron chi connectivity index (χ0n) is 11.4. The minimum Gasteiger partial charge on any atom is -0.496 e. The maximum absolute atomic E-state index is 5.41. The Morgan fingerprint density at radius 2 is 1.94 bits per heavy atom. The summed E-state index contributed by atoms with van der Waals surface area (Å²) in [5, 5.41) is 3.26. The topological polar surface area (TPSA) is 30.5 Å². The highest BCUT2D eigenvalue weighted by molar-refractivity contribution is 5.40. The van der Waals surface area contributed by atoms with Crippen LogP contribution in [0.25, 0.3) is 0 Å². The monoisotopic (exact) mass is 237 g/mol. The van der Waals surface area contributed by atoms with Crippen molar-refractivity contribution in [3.63, 3.8) is 0 Å². The van der Waals surface area contributed by atoms with E-state index in [0.29, 0.717) is 12.5 Å². The first-order chi connectivity index (χ1) is 8.13. The maximum Gasteiger partial charge on any atom is 0.123 e. The van der Waals surface area contributed by atoms with Crippen LogP contribution in [0.3, 0.4) is 0 Å². The lowest BCUT2D eigenvalue weighted by Gasteiger charge is -2.20. The van der Waals surface area contributed by atoms with Crippen molar-refractivity contribution in [2.24, 2.45) is 0 Å². The quantitative estimate of drug-likeness (QED) is 0.825. The Morgan fingerprint density at radius 1 is 1.24 bits per heavy atom. The SMILES string of the molecule is CNC(COC)c1cc(C(C)C)ccc1OC. The number of hydrogen-bond donors (Lipinski definition) is 1. The Labute approximate surface area is 104 Å². The molecule has 17 heavy (non-hydrogen) atoms. The van der Waals surface area contributed by atoms with E-state index in [-0.39, 0.29) is 6.04 Å². The highest BCUT2D eigenvalue weighted by atomic mass is 16.5. The van der Waals surface area contributed by atoms with Gasteiger partial charge in [-0.25, -0.2) is 0 Å². The minimum atomic E-state index is 0.161. The fourth-order valence-electron chi connectivity index (χ4n) is 1.88.